The molecular formula is C15H18N2O3S. The summed E-state index contributed by atoms with van der Waals surface area (Å²) in [5, 5.41) is 15.1. The fourth-order valence-electron chi connectivity index (χ4n) is 1.79. The Kier molecular flexibility index (Phi) is 5.44. The minimum absolute atomic E-state index is 0.0207. The molecule has 1 atom stereocenters. The number of hydrogen-bond acceptors (Lipinski definition) is 5. The number of aromatic nitrogens is 1. The lowest BCUT2D eigenvalue weighted by molar-refractivity contribution is 0.0697. The van der Waals surface area contributed by atoms with Crippen LogP contribution < -0.4 is 5.32 Å². The lowest BCUT2D eigenvalue weighted by Crippen LogP contribution is -2.13. The normalized spacial score (nSPS) is 12.3. The molecule has 0 saturated heterocycles. The number of methoxy groups -OCH3 is 1. The van der Waals surface area contributed by atoms with Crippen molar-refractivity contribution >= 4 is 17.3 Å². The molecular weight excluding hydrogens is 288 g/mol. The van der Waals surface area contributed by atoms with Gasteiger partial charge in [-0.05, 0) is 24.6 Å². The monoisotopic (exact) mass is 306 g/mol. The minimum Gasteiger partial charge on any atom is -0.478 e. The lowest BCUT2D eigenvalue weighted by atomic mass is 10.1. The molecule has 6 heteroatoms. The summed E-state index contributed by atoms with van der Waals surface area (Å²) in [6.07, 6.45) is 0.0207. The number of benzene rings is 1. The molecule has 0 bridgehead atoms. The van der Waals surface area contributed by atoms with E-state index >= 15 is 0 Å². The topological polar surface area (TPSA) is 71.5 Å². The molecule has 0 fully saturated rings. The Morgan fingerprint density at radius 1 is 1.38 bits per heavy atom. The maximum absolute atomic E-state index is 10.8. The van der Waals surface area contributed by atoms with E-state index in [0.717, 1.165) is 16.3 Å². The van der Waals surface area contributed by atoms with E-state index < -0.39 is 5.97 Å². The molecule has 0 aliphatic carbocycles. The summed E-state index contributed by atoms with van der Waals surface area (Å²) in [5.41, 5.74) is 2.33. The molecule has 21 heavy (non-hydrogen) atoms. The van der Waals surface area contributed by atoms with E-state index in [1.807, 2.05) is 24.4 Å². The Morgan fingerprint density at radius 2 is 2.10 bits per heavy atom. The van der Waals surface area contributed by atoms with E-state index in [2.05, 4.69) is 10.3 Å². The Bertz CT molecular complexity index is 595. The van der Waals surface area contributed by atoms with Crippen LogP contribution in [0.2, 0.25) is 0 Å². The maximum atomic E-state index is 10.8. The zero-order chi connectivity index (χ0) is 15.2. The first kappa shape index (κ1) is 15.6. The van der Waals surface area contributed by atoms with Crippen LogP contribution in [0.3, 0.4) is 0 Å². The third-order valence-electron chi connectivity index (χ3n) is 3.11. The second kappa shape index (κ2) is 7.31. The van der Waals surface area contributed by atoms with Crippen LogP contribution in [-0.4, -0.2) is 23.2 Å². The predicted octanol–water partition coefficient (Wildman–Crippen LogP) is 2.84. The van der Waals surface area contributed by atoms with E-state index in [1.165, 1.54) is 0 Å². The van der Waals surface area contributed by atoms with Gasteiger partial charge in [0.15, 0.2) is 0 Å². The van der Waals surface area contributed by atoms with Gasteiger partial charge < -0.3 is 15.2 Å². The second-order valence-electron chi connectivity index (χ2n) is 4.66. The summed E-state index contributed by atoms with van der Waals surface area (Å²) < 4.78 is 5.23. The third-order valence-corrected chi connectivity index (χ3v) is 4.16. The largest absolute Gasteiger partial charge is 0.478 e. The predicted molar refractivity (Wildman–Crippen MR) is 81.5 cm³/mol. The van der Waals surface area contributed by atoms with Crippen LogP contribution in [-0.2, 0) is 17.8 Å². The highest BCUT2D eigenvalue weighted by atomic mass is 32.1. The van der Waals surface area contributed by atoms with Gasteiger partial charge in [-0.15, -0.1) is 11.3 Å². The van der Waals surface area contributed by atoms with Gasteiger partial charge in [0.1, 0.15) is 11.1 Å². The van der Waals surface area contributed by atoms with Crippen molar-refractivity contribution in [1.82, 2.24) is 10.3 Å². The van der Waals surface area contributed by atoms with Crippen molar-refractivity contribution in [2.75, 3.05) is 7.11 Å². The first-order chi connectivity index (χ1) is 10.1. The fourth-order valence-corrected chi connectivity index (χ4v) is 2.64. The zero-order valence-corrected chi connectivity index (χ0v) is 12.8. The SMILES string of the molecule is COC(C)c1nc(CNCc2ccc(C(=O)O)cc2)cs1. The first-order valence-corrected chi connectivity index (χ1v) is 7.48. The van der Waals surface area contributed by atoms with E-state index in [9.17, 15) is 4.79 Å². The van der Waals surface area contributed by atoms with Gasteiger partial charge in [0, 0.05) is 25.6 Å². The molecule has 0 radical (unpaired) electrons. The van der Waals surface area contributed by atoms with Crippen LogP contribution in [0.5, 0.6) is 0 Å². The lowest BCUT2D eigenvalue weighted by Gasteiger charge is -2.05. The molecule has 112 valence electrons. The molecule has 0 spiro atoms. The van der Waals surface area contributed by atoms with Crippen LogP contribution in [0, 0.1) is 0 Å². The summed E-state index contributed by atoms with van der Waals surface area (Å²) in [5.74, 6) is -0.906. The second-order valence-corrected chi connectivity index (χ2v) is 5.55. The van der Waals surface area contributed by atoms with E-state index in [0.29, 0.717) is 18.7 Å². The van der Waals surface area contributed by atoms with Gasteiger partial charge in [0.2, 0.25) is 0 Å². The van der Waals surface area contributed by atoms with Gasteiger partial charge in [0.25, 0.3) is 0 Å². The van der Waals surface area contributed by atoms with Gasteiger partial charge in [-0.25, -0.2) is 9.78 Å². The molecule has 0 aliphatic heterocycles. The van der Waals surface area contributed by atoms with Crippen LogP contribution in [0.25, 0.3) is 0 Å². The van der Waals surface area contributed by atoms with E-state index in [-0.39, 0.29) is 6.10 Å². The van der Waals surface area contributed by atoms with Gasteiger partial charge in [-0.3, -0.25) is 0 Å². The highest BCUT2D eigenvalue weighted by Crippen LogP contribution is 2.20. The average molecular weight is 306 g/mol. The van der Waals surface area contributed by atoms with Crippen molar-refractivity contribution in [3.8, 4) is 0 Å². The van der Waals surface area contributed by atoms with Crippen molar-refractivity contribution in [2.45, 2.75) is 26.1 Å². The minimum atomic E-state index is -0.906. The number of thiazole rings is 1. The number of aromatic carboxylic acids is 1. The van der Waals surface area contributed by atoms with Crippen molar-refractivity contribution in [3.63, 3.8) is 0 Å². The van der Waals surface area contributed by atoms with Gasteiger partial charge in [-0.1, -0.05) is 12.1 Å². The third kappa shape index (κ3) is 4.35. The average Bonchev–Trinajstić information content (AvgIpc) is 2.96. The smallest absolute Gasteiger partial charge is 0.335 e. The molecule has 0 aliphatic rings. The van der Waals surface area contributed by atoms with Crippen LogP contribution in [0.4, 0.5) is 0 Å². The Morgan fingerprint density at radius 3 is 2.71 bits per heavy atom. The van der Waals surface area contributed by atoms with Crippen molar-refractivity contribution in [3.05, 3.63) is 51.5 Å². The number of nitrogens with one attached hydrogen (secondary N) is 1. The number of carboxylic acid groups (broad SMARTS) is 1. The van der Waals surface area contributed by atoms with E-state index in [1.54, 1.807) is 30.6 Å². The molecule has 0 saturated carbocycles. The zero-order valence-electron chi connectivity index (χ0n) is 12.0. The molecule has 2 N–H and O–H groups in total. The first-order valence-electron chi connectivity index (χ1n) is 6.60. The van der Waals surface area contributed by atoms with E-state index in [4.69, 9.17) is 9.84 Å². The number of ether oxygens (including phenoxy) is 1. The molecule has 2 aromatic rings. The summed E-state index contributed by atoms with van der Waals surface area (Å²) in [4.78, 5) is 15.3. The van der Waals surface area contributed by atoms with Crippen LogP contribution in [0.15, 0.2) is 29.6 Å². The van der Waals surface area contributed by atoms with Gasteiger partial charge in [0.05, 0.1) is 11.3 Å². The molecule has 0 amide bonds. The Balaban J connectivity index is 1.83. The summed E-state index contributed by atoms with van der Waals surface area (Å²) >= 11 is 1.59. The highest BCUT2D eigenvalue weighted by Gasteiger charge is 2.09. The summed E-state index contributed by atoms with van der Waals surface area (Å²) in [6, 6.07) is 6.85. The van der Waals surface area contributed by atoms with Gasteiger partial charge in [-0.2, -0.15) is 0 Å². The number of hydrogen-bond donors (Lipinski definition) is 2. The molecule has 1 heterocycles. The molecule has 5 nitrogen and oxygen atoms in total. The standard InChI is InChI=1S/C15H18N2O3S/c1-10(20-2)14-17-13(9-21-14)8-16-7-11-3-5-12(6-4-11)15(18)19/h3-6,9-10,16H,7-8H2,1-2H3,(H,18,19). The molecule has 2 rings (SSSR count). The number of carbonyl (C=O) groups is 1. The van der Waals surface area contributed by atoms with Crippen LogP contribution in [0.1, 0.15) is 39.7 Å². The highest BCUT2D eigenvalue weighted by molar-refractivity contribution is 7.09. The fraction of sp³-hybridized carbons (Fsp3) is 0.333. The summed E-state index contributed by atoms with van der Waals surface area (Å²) in [7, 11) is 1.67. The number of rotatable bonds is 7. The van der Waals surface area contributed by atoms with Crippen molar-refractivity contribution in [1.29, 1.82) is 0 Å². The van der Waals surface area contributed by atoms with Crippen LogP contribution >= 0.6 is 11.3 Å². The van der Waals surface area contributed by atoms with Gasteiger partial charge >= 0.3 is 5.97 Å². The Labute approximate surface area is 127 Å². The number of nitrogens with zero attached hydrogens (tertiary/aromatic N) is 1. The van der Waals surface area contributed by atoms with Crippen molar-refractivity contribution < 1.29 is 14.6 Å². The molecule has 1 unspecified atom stereocenters. The molecule has 1 aromatic carbocycles. The molecule has 1 aromatic heterocycles. The Hall–Kier alpha value is -1.76. The summed E-state index contributed by atoms with van der Waals surface area (Å²) in [6.45, 7) is 3.32. The number of carboxylic acids is 1. The quantitative estimate of drug-likeness (QED) is 0.823. The van der Waals surface area contributed by atoms with Crippen molar-refractivity contribution in [2.24, 2.45) is 0 Å². The maximum Gasteiger partial charge on any atom is 0.335 e.